The Labute approximate surface area is 195 Å². The van der Waals surface area contributed by atoms with E-state index in [1.807, 2.05) is 42.5 Å². The van der Waals surface area contributed by atoms with Crippen molar-refractivity contribution in [1.82, 2.24) is 0 Å². The topological polar surface area (TPSA) is 52.9 Å². The van der Waals surface area contributed by atoms with Gasteiger partial charge in [-0.05, 0) is 73.4 Å². The zero-order valence-electron chi connectivity index (χ0n) is 17.1. The molecule has 0 fully saturated rings. The maximum absolute atomic E-state index is 13.3. The first-order chi connectivity index (χ1) is 14.9. The van der Waals surface area contributed by atoms with E-state index in [0.29, 0.717) is 17.2 Å². The number of carbonyl (C=O) groups is 1. The number of anilines is 1. The van der Waals surface area contributed by atoms with Gasteiger partial charge in [0.15, 0.2) is 0 Å². The summed E-state index contributed by atoms with van der Waals surface area (Å²) in [5, 5.41) is 10.3. The molecule has 4 nitrogen and oxygen atoms in total. The van der Waals surface area contributed by atoms with Crippen LogP contribution in [0, 0.1) is 0 Å². The second-order valence-electron chi connectivity index (χ2n) is 7.58. The third-order valence-corrected chi connectivity index (χ3v) is 6.51. The molecular formula is C25H22BrClN2O2. The highest BCUT2D eigenvalue weighted by Crippen LogP contribution is 2.31. The maximum Gasteiger partial charge on any atom is 0.251 e. The van der Waals surface area contributed by atoms with E-state index in [9.17, 15) is 9.90 Å². The molecule has 0 bridgehead atoms. The predicted octanol–water partition coefficient (Wildman–Crippen LogP) is 6.01. The largest absolute Gasteiger partial charge is 0.508 e. The lowest BCUT2D eigenvalue weighted by Gasteiger charge is -2.20. The molecule has 0 saturated heterocycles. The van der Waals surface area contributed by atoms with Crippen LogP contribution in [-0.2, 0) is 11.2 Å². The Hall–Kier alpha value is -2.63. The van der Waals surface area contributed by atoms with Crippen molar-refractivity contribution in [2.75, 3.05) is 11.9 Å². The average molecular weight is 498 g/mol. The molecule has 0 aliphatic carbocycles. The summed E-state index contributed by atoms with van der Waals surface area (Å²) in [6.45, 7) is 0. The van der Waals surface area contributed by atoms with Crippen LogP contribution < -0.4 is 4.90 Å². The Kier molecular flexibility index (Phi) is 6.44. The lowest BCUT2D eigenvalue weighted by Crippen LogP contribution is -2.34. The number of halogens is 2. The number of phenolic OH excluding ortho intramolecular Hbond substituents is 1. The van der Waals surface area contributed by atoms with Gasteiger partial charge in [-0.15, -0.1) is 0 Å². The number of benzene rings is 3. The lowest BCUT2D eigenvalue weighted by atomic mass is 10.00. The fraction of sp³-hybridized carbons (Fsp3) is 0.200. The number of hydrogen-bond donors (Lipinski definition) is 1. The van der Waals surface area contributed by atoms with Gasteiger partial charge in [0, 0.05) is 27.7 Å². The van der Waals surface area contributed by atoms with E-state index >= 15 is 0 Å². The standard InChI is InChI=1S/C25H22BrClN2O2/c1-29-23-14-11-18(27)15-20(23)24(17-9-12-19(30)13-10-17)28-22(25(29)31)8-4-6-16-5-2-3-7-21(16)26/h2-3,5,7,9-15,22,30H,4,6,8H2,1H3. The van der Waals surface area contributed by atoms with Crippen molar-refractivity contribution < 1.29 is 9.90 Å². The molecule has 1 aliphatic heterocycles. The molecule has 31 heavy (non-hydrogen) atoms. The number of carbonyl (C=O) groups excluding carboxylic acids is 1. The summed E-state index contributed by atoms with van der Waals surface area (Å²) in [5.41, 5.74) is 4.34. The summed E-state index contributed by atoms with van der Waals surface area (Å²) in [7, 11) is 1.78. The minimum atomic E-state index is -0.498. The monoisotopic (exact) mass is 496 g/mol. The molecule has 3 aromatic rings. The third kappa shape index (κ3) is 4.68. The van der Waals surface area contributed by atoms with Crippen LogP contribution in [0.2, 0.25) is 5.02 Å². The summed E-state index contributed by atoms with van der Waals surface area (Å²) >= 11 is 9.88. The van der Waals surface area contributed by atoms with E-state index in [-0.39, 0.29) is 11.7 Å². The number of likely N-dealkylation sites (N-methyl/N-ethyl adjacent to an activating group) is 1. The van der Waals surface area contributed by atoms with Crippen molar-refractivity contribution in [2.45, 2.75) is 25.3 Å². The van der Waals surface area contributed by atoms with Gasteiger partial charge in [-0.25, -0.2) is 0 Å². The van der Waals surface area contributed by atoms with E-state index < -0.39 is 6.04 Å². The van der Waals surface area contributed by atoms with Crippen molar-refractivity contribution in [1.29, 1.82) is 0 Å². The van der Waals surface area contributed by atoms with E-state index in [1.54, 1.807) is 30.1 Å². The zero-order valence-corrected chi connectivity index (χ0v) is 19.4. The quantitative estimate of drug-likeness (QED) is 0.469. The number of aromatic hydroxyl groups is 1. The molecule has 1 amide bonds. The highest BCUT2D eigenvalue weighted by Gasteiger charge is 2.29. The molecule has 1 aliphatic rings. The molecule has 1 heterocycles. The minimum Gasteiger partial charge on any atom is -0.508 e. The third-order valence-electron chi connectivity index (χ3n) is 5.50. The van der Waals surface area contributed by atoms with Gasteiger partial charge in [0.1, 0.15) is 11.8 Å². The van der Waals surface area contributed by atoms with Crippen LogP contribution in [-0.4, -0.2) is 29.8 Å². The number of amides is 1. The van der Waals surface area contributed by atoms with Gasteiger partial charge in [0.25, 0.3) is 5.91 Å². The van der Waals surface area contributed by atoms with Crippen molar-refractivity contribution in [3.63, 3.8) is 0 Å². The fourth-order valence-electron chi connectivity index (χ4n) is 3.84. The number of phenols is 1. The van der Waals surface area contributed by atoms with E-state index in [1.165, 1.54) is 5.56 Å². The molecule has 0 spiro atoms. The van der Waals surface area contributed by atoms with Crippen LogP contribution in [0.3, 0.4) is 0 Å². The average Bonchev–Trinajstić information content (AvgIpc) is 2.86. The number of aryl methyl sites for hydroxylation is 1. The summed E-state index contributed by atoms with van der Waals surface area (Å²) in [5.74, 6) is 0.145. The Morgan fingerprint density at radius 3 is 2.58 bits per heavy atom. The van der Waals surface area contributed by atoms with Gasteiger partial charge >= 0.3 is 0 Å². The smallest absolute Gasteiger partial charge is 0.251 e. The molecule has 1 atom stereocenters. The van der Waals surface area contributed by atoms with Gasteiger partial charge in [-0.3, -0.25) is 9.79 Å². The first-order valence-corrected chi connectivity index (χ1v) is 11.3. The molecule has 158 valence electrons. The van der Waals surface area contributed by atoms with Gasteiger partial charge in [-0.2, -0.15) is 0 Å². The van der Waals surface area contributed by atoms with Crippen LogP contribution >= 0.6 is 27.5 Å². The van der Waals surface area contributed by atoms with Gasteiger partial charge < -0.3 is 10.0 Å². The van der Waals surface area contributed by atoms with Crippen molar-refractivity contribution in [3.8, 4) is 5.75 Å². The van der Waals surface area contributed by atoms with Gasteiger partial charge in [0.2, 0.25) is 0 Å². The molecular weight excluding hydrogens is 476 g/mol. The number of hydrogen-bond acceptors (Lipinski definition) is 3. The van der Waals surface area contributed by atoms with Crippen LogP contribution in [0.5, 0.6) is 5.75 Å². The van der Waals surface area contributed by atoms with E-state index in [2.05, 4.69) is 22.0 Å². The summed E-state index contributed by atoms with van der Waals surface area (Å²) in [4.78, 5) is 19.9. The van der Waals surface area contributed by atoms with E-state index in [4.69, 9.17) is 16.6 Å². The van der Waals surface area contributed by atoms with Crippen LogP contribution in [0.25, 0.3) is 0 Å². The van der Waals surface area contributed by atoms with E-state index in [0.717, 1.165) is 34.1 Å². The summed E-state index contributed by atoms with van der Waals surface area (Å²) in [6, 6.07) is 20.0. The Morgan fingerprint density at radius 2 is 1.84 bits per heavy atom. The van der Waals surface area contributed by atoms with Crippen molar-refractivity contribution >= 4 is 44.8 Å². The minimum absolute atomic E-state index is 0.0375. The number of benzodiazepines with no additional fused rings is 1. The van der Waals surface area contributed by atoms with Gasteiger partial charge in [-0.1, -0.05) is 45.7 Å². The molecule has 0 saturated carbocycles. The maximum atomic E-state index is 13.3. The normalized spacial score (nSPS) is 16.0. The lowest BCUT2D eigenvalue weighted by molar-refractivity contribution is -0.119. The second kappa shape index (κ2) is 9.25. The highest BCUT2D eigenvalue weighted by molar-refractivity contribution is 9.10. The number of fused-ring (bicyclic) bond motifs is 1. The molecule has 1 unspecified atom stereocenters. The molecule has 4 rings (SSSR count). The summed E-state index contributed by atoms with van der Waals surface area (Å²) in [6.07, 6.45) is 2.32. The molecule has 1 N–H and O–H groups in total. The predicted molar refractivity (Wildman–Crippen MR) is 129 cm³/mol. The molecule has 0 aromatic heterocycles. The SMILES string of the molecule is CN1C(=O)C(CCCc2ccccc2Br)N=C(c2ccc(O)cc2)c2cc(Cl)ccc21. The summed E-state index contributed by atoms with van der Waals surface area (Å²) < 4.78 is 1.08. The Bertz CT molecular complexity index is 1140. The first-order valence-electron chi connectivity index (χ1n) is 10.1. The molecule has 6 heteroatoms. The van der Waals surface area contributed by atoms with Crippen LogP contribution in [0.1, 0.15) is 29.5 Å². The van der Waals surface area contributed by atoms with Gasteiger partial charge in [0.05, 0.1) is 11.4 Å². The highest BCUT2D eigenvalue weighted by atomic mass is 79.9. The van der Waals surface area contributed by atoms with Crippen LogP contribution in [0.4, 0.5) is 5.69 Å². The molecule has 3 aromatic carbocycles. The second-order valence-corrected chi connectivity index (χ2v) is 8.87. The van der Waals surface area contributed by atoms with Crippen molar-refractivity contribution in [2.24, 2.45) is 4.99 Å². The zero-order chi connectivity index (χ0) is 22.0. The number of aliphatic imine (C=N–C) groups is 1. The van der Waals surface area contributed by atoms with Crippen LogP contribution in [0.15, 0.2) is 76.2 Å². The first kappa shape index (κ1) is 21.6. The number of nitrogens with zero attached hydrogens (tertiary/aromatic N) is 2. The Balaban J connectivity index is 1.69. The Morgan fingerprint density at radius 1 is 1.10 bits per heavy atom. The van der Waals surface area contributed by atoms with Crippen molar-refractivity contribution in [3.05, 3.63) is 92.9 Å². The molecule has 0 radical (unpaired) electrons. The fourth-order valence-corrected chi connectivity index (χ4v) is 4.49. The number of rotatable bonds is 5.